The predicted octanol–water partition coefficient (Wildman–Crippen LogP) is 3.72. The molecule has 4 rings (SSSR count). The van der Waals surface area contributed by atoms with E-state index >= 15 is 0 Å². The molecule has 2 heterocycles. The number of para-hydroxylation sites is 2. The summed E-state index contributed by atoms with van der Waals surface area (Å²) in [6.45, 7) is 3.43. The van der Waals surface area contributed by atoms with Crippen LogP contribution in [0.3, 0.4) is 0 Å². The van der Waals surface area contributed by atoms with Gasteiger partial charge in [-0.15, -0.1) is 0 Å². The topological polar surface area (TPSA) is 87.5 Å². The van der Waals surface area contributed by atoms with E-state index < -0.39 is 6.09 Å². The molecule has 0 bridgehead atoms. The molecule has 0 atom stereocenters. The van der Waals surface area contributed by atoms with E-state index in [4.69, 9.17) is 5.11 Å². The van der Waals surface area contributed by atoms with E-state index in [1.807, 2.05) is 34.9 Å². The Bertz CT molecular complexity index is 1050. The number of aryl methyl sites for hydroxylation is 1. The minimum absolute atomic E-state index is 0.101. The lowest BCUT2D eigenvalue weighted by Crippen LogP contribution is -2.40. The number of nitrogens with one attached hydrogen (secondary N) is 1. The first kappa shape index (κ1) is 19.0. The first-order valence-corrected chi connectivity index (χ1v) is 9.81. The fourth-order valence-corrected chi connectivity index (χ4v) is 3.87. The quantitative estimate of drug-likeness (QED) is 0.708. The van der Waals surface area contributed by atoms with Crippen molar-refractivity contribution in [2.75, 3.05) is 18.4 Å². The van der Waals surface area contributed by atoms with Gasteiger partial charge in [0.1, 0.15) is 0 Å². The van der Waals surface area contributed by atoms with Crippen molar-refractivity contribution < 1.29 is 14.7 Å². The van der Waals surface area contributed by atoms with Crippen molar-refractivity contribution >= 4 is 29.0 Å². The number of amides is 2. The van der Waals surface area contributed by atoms with Crippen LogP contribution in [-0.4, -0.2) is 44.6 Å². The molecule has 0 aliphatic carbocycles. The second kappa shape index (κ2) is 7.95. The zero-order valence-corrected chi connectivity index (χ0v) is 16.3. The maximum atomic E-state index is 12.8. The van der Waals surface area contributed by atoms with Crippen molar-refractivity contribution in [3.8, 4) is 0 Å². The summed E-state index contributed by atoms with van der Waals surface area (Å²) in [6.07, 6.45) is 0.121. The summed E-state index contributed by atoms with van der Waals surface area (Å²) in [5.74, 6) is 0.215. The Morgan fingerprint density at radius 3 is 2.62 bits per heavy atom. The van der Waals surface area contributed by atoms with Crippen LogP contribution in [0.4, 0.5) is 10.7 Å². The number of aromatic nitrogens is 2. The lowest BCUT2D eigenvalue weighted by molar-refractivity contribution is -0.121. The van der Waals surface area contributed by atoms with Crippen LogP contribution in [0.1, 0.15) is 24.0 Å². The number of carbonyl (C=O) groups excluding carboxylic acids is 1. The minimum Gasteiger partial charge on any atom is -0.465 e. The molecular formula is C22H24N4O3. The van der Waals surface area contributed by atoms with E-state index in [2.05, 4.69) is 35.4 Å². The van der Waals surface area contributed by atoms with Gasteiger partial charge < -0.3 is 14.6 Å². The zero-order chi connectivity index (χ0) is 20.4. The highest BCUT2D eigenvalue weighted by atomic mass is 16.4. The Hall–Kier alpha value is -3.35. The summed E-state index contributed by atoms with van der Waals surface area (Å²) in [7, 11) is 0. The Labute approximate surface area is 169 Å². The Morgan fingerprint density at radius 2 is 1.90 bits per heavy atom. The average molecular weight is 392 g/mol. The molecule has 150 valence electrons. The molecule has 2 N–H and O–H groups in total. The minimum atomic E-state index is -0.927. The number of likely N-dealkylation sites (tertiary alicyclic amines) is 1. The molecule has 0 unspecified atom stereocenters. The van der Waals surface area contributed by atoms with Crippen LogP contribution in [0.15, 0.2) is 48.5 Å². The van der Waals surface area contributed by atoms with Gasteiger partial charge in [-0.3, -0.25) is 10.1 Å². The van der Waals surface area contributed by atoms with E-state index in [1.54, 1.807) is 0 Å². The second-order valence-electron chi connectivity index (χ2n) is 7.53. The van der Waals surface area contributed by atoms with Crippen LogP contribution in [0.2, 0.25) is 0 Å². The third-order valence-corrected chi connectivity index (χ3v) is 5.45. The standard InChI is InChI=1S/C22H24N4O3/c1-15-5-4-6-16(13-15)14-26-19-8-3-2-7-18(19)23-21(26)24-20(27)17-9-11-25(12-10-17)22(28)29/h2-8,13,17H,9-12,14H2,1H3,(H,28,29)(H,23,24,27). The molecule has 0 saturated carbocycles. The number of hydrogen-bond acceptors (Lipinski definition) is 3. The van der Waals surface area contributed by atoms with Crippen molar-refractivity contribution in [3.05, 3.63) is 59.7 Å². The van der Waals surface area contributed by atoms with Crippen molar-refractivity contribution in [1.29, 1.82) is 0 Å². The Morgan fingerprint density at radius 1 is 1.14 bits per heavy atom. The Balaban J connectivity index is 1.57. The number of piperidine rings is 1. The van der Waals surface area contributed by atoms with Crippen LogP contribution in [-0.2, 0) is 11.3 Å². The summed E-state index contributed by atoms with van der Waals surface area (Å²) in [5.41, 5.74) is 4.11. The molecule has 3 aromatic rings. The van der Waals surface area contributed by atoms with Gasteiger partial charge in [0, 0.05) is 19.0 Å². The molecular weight excluding hydrogens is 368 g/mol. The van der Waals surface area contributed by atoms with Crippen LogP contribution in [0.25, 0.3) is 11.0 Å². The van der Waals surface area contributed by atoms with Crippen molar-refractivity contribution in [1.82, 2.24) is 14.5 Å². The van der Waals surface area contributed by atoms with E-state index in [0.717, 1.165) is 16.6 Å². The number of anilines is 1. The molecule has 0 radical (unpaired) electrons. The fraction of sp³-hybridized carbons (Fsp3) is 0.318. The normalized spacial score (nSPS) is 14.9. The fourth-order valence-electron chi connectivity index (χ4n) is 3.87. The van der Waals surface area contributed by atoms with E-state index in [9.17, 15) is 9.59 Å². The molecule has 1 aromatic heterocycles. The number of benzene rings is 2. The summed E-state index contributed by atoms with van der Waals surface area (Å²) in [5, 5.41) is 12.1. The number of rotatable bonds is 4. The average Bonchev–Trinajstić information content (AvgIpc) is 3.05. The van der Waals surface area contributed by atoms with E-state index in [1.165, 1.54) is 10.5 Å². The van der Waals surface area contributed by atoms with Crippen LogP contribution >= 0.6 is 0 Å². The lowest BCUT2D eigenvalue weighted by atomic mass is 9.96. The van der Waals surface area contributed by atoms with Gasteiger partial charge in [0.25, 0.3) is 0 Å². The van der Waals surface area contributed by atoms with Crippen LogP contribution in [0.5, 0.6) is 0 Å². The number of nitrogens with zero attached hydrogens (tertiary/aromatic N) is 3. The zero-order valence-electron chi connectivity index (χ0n) is 16.3. The molecule has 2 aromatic carbocycles. The molecule has 1 aliphatic rings. The van der Waals surface area contributed by atoms with Gasteiger partial charge in [-0.2, -0.15) is 0 Å². The molecule has 2 amide bonds. The summed E-state index contributed by atoms with van der Waals surface area (Å²) in [6, 6.07) is 16.1. The van der Waals surface area contributed by atoms with Gasteiger partial charge in [0.15, 0.2) is 0 Å². The van der Waals surface area contributed by atoms with E-state index in [-0.39, 0.29) is 11.8 Å². The maximum Gasteiger partial charge on any atom is 0.407 e. The van der Waals surface area contributed by atoms with Gasteiger partial charge in [0.2, 0.25) is 11.9 Å². The first-order chi connectivity index (χ1) is 14.0. The number of imidazole rings is 1. The molecule has 1 saturated heterocycles. The molecule has 7 nitrogen and oxygen atoms in total. The lowest BCUT2D eigenvalue weighted by Gasteiger charge is -2.29. The second-order valence-corrected chi connectivity index (χ2v) is 7.53. The Kier molecular flexibility index (Phi) is 5.20. The third-order valence-electron chi connectivity index (χ3n) is 5.45. The highest BCUT2D eigenvalue weighted by Crippen LogP contribution is 2.24. The van der Waals surface area contributed by atoms with Gasteiger partial charge in [0.05, 0.1) is 17.6 Å². The molecule has 29 heavy (non-hydrogen) atoms. The third kappa shape index (κ3) is 4.08. The number of fused-ring (bicyclic) bond motifs is 1. The number of hydrogen-bond donors (Lipinski definition) is 2. The van der Waals surface area contributed by atoms with Crippen LogP contribution < -0.4 is 5.32 Å². The van der Waals surface area contributed by atoms with Crippen molar-refractivity contribution in [3.63, 3.8) is 0 Å². The van der Waals surface area contributed by atoms with Crippen molar-refractivity contribution in [2.45, 2.75) is 26.3 Å². The summed E-state index contributed by atoms with van der Waals surface area (Å²) in [4.78, 5) is 29.9. The smallest absolute Gasteiger partial charge is 0.407 e. The maximum absolute atomic E-state index is 12.8. The van der Waals surface area contributed by atoms with Crippen molar-refractivity contribution in [2.24, 2.45) is 5.92 Å². The van der Waals surface area contributed by atoms with Crippen LogP contribution in [0, 0.1) is 12.8 Å². The van der Waals surface area contributed by atoms with Gasteiger partial charge in [-0.05, 0) is 37.5 Å². The first-order valence-electron chi connectivity index (χ1n) is 9.81. The molecule has 1 fully saturated rings. The highest BCUT2D eigenvalue weighted by Gasteiger charge is 2.28. The van der Waals surface area contributed by atoms with E-state index in [0.29, 0.717) is 38.4 Å². The van der Waals surface area contributed by atoms with Gasteiger partial charge in [-0.1, -0.05) is 42.0 Å². The number of carbonyl (C=O) groups is 2. The largest absolute Gasteiger partial charge is 0.465 e. The summed E-state index contributed by atoms with van der Waals surface area (Å²) < 4.78 is 2.02. The highest BCUT2D eigenvalue weighted by molar-refractivity contribution is 5.93. The monoisotopic (exact) mass is 392 g/mol. The predicted molar refractivity (Wildman–Crippen MR) is 111 cm³/mol. The summed E-state index contributed by atoms with van der Waals surface area (Å²) >= 11 is 0. The molecule has 0 spiro atoms. The SMILES string of the molecule is Cc1cccc(Cn2c(NC(=O)C3CCN(C(=O)O)CC3)nc3ccccc32)c1. The van der Waals surface area contributed by atoms with Gasteiger partial charge >= 0.3 is 6.09 Å². The van der Waals surface area contributed by atoms with Gasteiger partial charge in [-0.25, -0.2) is 9.78 Å². The number of carboxylic acid groups (broad SMARTS) is 1. The molecule has 1 aliphatic heterocycles. The molecule has 7 heteroatoms.